The maximum atomic E-state index is 3.54. The quantitative estimate of drug-likeness (QED) is 0.810. The summed E-state index contributed by atoms with van der Waals surface area (Å²) in [7, 11) is 0. The summed E-state index contributed by atoms with van der Waals surface area (Å²) < 4.78 is 0. The summed E-state index contributed by atoms with van der Waals surface area (Å²) >= 11 is 0. The lowest BCUT2D eigenvalue weighted by molar-refractivity contribution is 0.584. The van der Waals surface area contributed by atoms with Crippen LogP contribution in [0.5, 0.6) is 0 Å². The molecule has 1 nitrogen and oxygen atoms in total. The van der Waals surface area contributed by atoms with Crippen LogP contribution < -0.4 is 5.32 Å². The van der Waals surface area contributed by atoms with E-state index in [0.717, 1.165) is 19.5 Å². The highest BCUT2D eigenvalue weighted by Crippen LogP contribution is 2.46. The van der Waals surface area contributed by atoms with E-state index in [1.165, 1.54) is 16.7 Å². The fourth-order valence-corrected chi connectivity index (χ4v) is 3.33. The molecule has 88 valence electrons. The summed E-state index contributed by atoms with van der Waals surface area (Å²) in [5.74, 6) is 0.617. The summed E-state index contributed by atoms with van der Waals surface area (Å²) in [6.07, 6.45) is 5.60. The number of hydrogen-bond acceptors (Lipinski definition) is 1. The molecule has 1 heteroatoms. The molecule has 0 amide bonds. The van der Waals surface area contributed by atoms with Gasteiger partial charge in [0.15, 0.2) is 0 Å². The van der Waals surface area contributed by atoms with E-state index in [-0.39, 0.29) is 0 Å². The maximum absolute atomic E-state index is 3.54. The molecule has 3 rings (SSSR count). The molecule has 0 radical (unpaired) electrons. The fourth-order valence-electron chi connectivity index (χ4n) is 3.33. The van der Waals surface area contributed by atoms with Gasteiger partial charge in [-0.25, -0.2) is 0 Å². The minimum absolute atomic E-state index is 0.617. The van der Waals surface area contributed by atoms with E-state index >= 15 is 0 Å². The van der Waals surface area contributed by atoms with E-state index < -0.39 is 0 Å². The first-order valence-corrected chi connectivity index (χ1v) is 6.55. The van der Waals surface area contributed by atoms with Crippen molar-refractivity contribution in [1.82, 2.24) is 5.32 Å². The van der Waals surface area contributed by atoms with Crippen molar-refractivity contribution in [3.8, 4) is 0 Å². The van der Waals surface area contributed by atoms with E-state index in [4.69, 9.17) is 0 Å². The summed E-state index contributed by atoms with van der Waals surface area (Å²) in [6.45, 7) is 6.52. The van der Waals surface area contributed by atoms with Gasteiger partial charge in [-0.15, -0.1) is 0 Å². The third-order valence-electron chi connectivity index (χ3n) is 3.98. The van der Waals surface area contributed by atoms with Crippen molar-refractivity contribution in [1.29, 1.82) is 0 Å². The van der Waals surface area contributed by atoms with Crippen molar-refractivity contribution in [2.45, 2.75) is 32.7 Å². The van der Waals surface area contributed by atoms with E-state index in [1.54, 1.807) is 11.1 Å². The molecule has 1 aromatic carbocycles. The van der Waals surface area contributed by atoms with Gasteiger partial charge in [-0.2, -0.15) is 0 Å². The Morgan fingerprint density at radius 3 is 3.06 bits per heavy atom. The molecule has 2 aliphatic rings. The lowest BCUT2D eigenvalue weighted by Gasteiger charge is -2.25. The van der Waals surface area contributed by atoms with Crippen molar-refractivity contribution in [3.05, 3.63) is 52.6 Å². The first-order chi connectivity index (χ1) is 8.36. The first kappa shape index (κ1) is 10.8. The van der Waals surface area contributed by atoms with Crippen LogP contribution >= 0.6 is 0 Å². The Bertz CT molecular complexity index is 508. The molecule has 0 bridgehead atoms. The van der Waals surface area contributed by atoms with Gasteiger partial charge in [0.05, 0.1) is 0 Å². The minimum atomic E-state index is 0.617. The normalized spacial score (nSPS) is 22.4. The molecular formula is C16H19N. The zero-order valence-electron chi connectivity index (χ0n) is 10.6. The largest absolute Gasteiger partial charge is 0.312 e. The Balaban J connectivity index is 2.24. The predicted molar refractivity (Wildman–Crippen MR) is 72.9 cm³/mol. The van der Waals surface area contributed by atoms with Crippen molar-refractivity contribution < 1.29 is 0 Å². The number of hydrogen-bond donors (Lipinski definition) is 1. The molecule has 17 heavy (non-hydrogen) atoms. The zero-order chi connectivity index (χ0) is 11.8. The van der Waals surface area contributed by atoms with E-state index in [2.05, 4.69) is 49.5 Å². The summed E-state index contributed by atoms with van der Waals surface area (Å²) in [6, 6.07) is 6.75. The standard InChI is InChI=1S/C16H19N/c1-3-6-13-12(4-2)15-10-17-9-11-7-5-8-14(13)16(11)15/h3,5-8,15,17H,4,9-10H2,1-2H3/b6-3-. The van der Waals surface area contributed by atoms with E-state index in [1.807, 2.05) is 0 Å². The monoisotopic (exact) mass is 225 g/mol. The van der Waals surface area contributed by atoms with Crippen LogP contribution in [0.4, 0.5) is 0 Å². The van der Waals surface area contributed by atoms with Gasteiger partial charge in [0.25, 0.3) is 0 Å². The first-order valence-electron chi connectivity index (χ1n) is 6.55. The maximum Gasteiger partial charge on any atom is 0.0209 e. The number of benzene rings is 1. The van der Waals surface area contributed by atoms with Crippen molar-refractivity contribution >= 4 is 5.57 Å². The molecule has 0 aromatic heterocycles. The summed E-state index contributed by atoms with van der Waals surface area (Å²) in [5.41, 5.74) is 7.64. The second kappa shape index (κ2) is 4.15. The topological polar surface area (TPSA) is 12.0 Å². The molecule has 1 atom stereocenters. The van der Waals surface area contributed by atoms with Crippen LogP contribution in [0.15, 0.2) is 35.9 Å². The highest BCUT2D eigenvalue weighted by molar-refractivity contribution is 5.85. The average molecular weight is 225 g/mol. The zero-order valence-corrected chi connectivity index (χ0v) is 10.6. The van der Waals surface area contributed by atoms with Gasteiger partial charge < -0.3 is 5.32 Å². The van der Waals surface area contributed by atoms with Crippen LogP contribution in [0.1, 0.15) is 42.9 Å². The molecule has 0 saturated heterocycles. The molecule has 1 aliphatic heterocycles. The number of rotatable bonds is 2. The van der Waals surface area contributed by atoms with Crippen molar-refractivity contribution in [2.75, 3.05) is 6.54 Å². The van der Waals surface area contributed by atoms with Gasteiger partial charge in [0.1, 0.15) is 0 Å². The van der Waals surface area contributed by atoms with Crippen LogP contribution in [0.25, 0.3) is 5.57 Å². The highest BCUT2D eigenvalue weighted by atomic mass is 14.9. The van der Waals surface area contributed by atoms with Gasteiger partial charge in [-0.3, -0.25) is 0 Å². The van der Waals surface area contributed by atoms with E-state index in [0.29, 0.717) is 5.92 Å². The Labute approximate surface area is 103 Å². The van der Waals surface area contributed by atoms with E-state index in [9.17, 15) is 0 Å². The summed E-state index contributed by atoms with van der Waals surface area (Å²) in [4.78, 5) is 0. The van der Waals surface area contributed by atoms with Crippen molar-refractivity contribution in [3.63, 3.8) is 0 Å². The second-order valence-electron chi connectivity index (χ2n) is 4.85. The Hall–Kier alpha value is -1.34. The van der Waals surface area contributed by atoms with Gasteiger partial charge in [0, 0.05) is 19.0 Å². The fraction of sp³-hybridized carbons (Fsp3) is 0.375. The predicted octanol–water partition coefficient (Wildman–Crippen LogP) is 3.63. The SMILES string of the molecule is C/C=C\C1=C(CC)C2CNCc3cccc1c32. The number of allylic oxidation sites excluding steroid dienone is 3. The third-order valence-corrected chi connectivity index (χ3v) is 3.98. The van der Waals surface area contributed by atoms with Gasteiger partial charge in [-0.05, 0) is 35.6 Å². The molecular weight excluding hydrogens is 206 g/mol. The molecule has 1 heterocycles. The molecule has 1 aromatic rings. The highest BCUT2D eigenvalue weighted by Gasteiger charge is 2.32. The lowest BCUT2D eigenvalue weighted by atomic mass is 9.88. The van der Waals surface area contributed by atoms with Gasteiger partial charge in [0.2, 0.25) is 0 Å². The Morgan fingerprint density at radius 1 is 1.41 bits per heavy atom. The van der Waals surface area contributed by atoms with Crippen LogP contribution in [0.2, 0.25) is 0 Å². The average Bonchev–Trinajstić information content (AvgIpc) is 2.67. The number of nitrogens with one attached hydrogen (secondary N) is 1. The Morgan fingerprint density at radius 2 is 2.29 bits per heavy atom. The lowest BCUT2D eigenvalue weighted by Crippen LogP contribution is -2.27. The Kier molecular flexibility index (Phi) is 2.64. The van der Waals surface area contributed by atoms with Crippen LogP contribution in [0.3, 0.4) is 0 Å². The molecule has 1 aliphatic carbocycles. The van der Waals surface area contributed by atoms with Crippen LogP contribution in [-0.4, -0.2) is 6.54 Å². The minimum Gasteiger partial charge on any atom is -0.312 e. The molecule has 0 saturated carbocycles. The third kappa shape index (κ3) is 1.49. The van der Waals surface area contributed by atoms with Crippen LogP contribution in [-0.2, 0) is 6.54 Å². The molecule has 0 spiro atoms. The molecule has 1 unspecified atom stereocenters. The van der Waals surface area contributed by atoms with Gasteiger partial charge in [-0.1, -0.05) is 42.8 Å². The molecule has 1 N–H and O–H groups in total. The summed E-state index contributed by atoms with van der Waals surface area (Å²) in [5, 5.41) is 3.54. The van der Waals surface area contributed by atoms with Crippen molar-refractivity contribution in [2.24, 2.45) is 0 Å². The second-order valence-corrected chi connectivity index (χ2v) is 4.85. The van der Waals surface area contributed by atoms with Gasteiger partial charge >= 0.3 is 0 Å². The van der Waals surface area contributed by atoms with Crippen LogP contribution in [0, 0.1) is 0 Å². The molecule has 0 fully saturated rings. The smallest absolute Gasteiger partial charge is 0.0209 e.